The van der Waals surface area contributed by atoms with E-state index in [0.29, 0.717) is 5.02 Å². The van der Waals surface area contributed by atoms with E-state index in [9.17, 15) is 14.4 Å². The molecule has 3 aromatic carbocycles. The lowest BCUT2D eigenvalue weighted by Gasteiger charge is -2.21. The number of carbonyl (C=O) groups is 3. The zero-order valence-corrected chi connectivity index (χ0v) is 14.7. The molecule has 3 N–H and O–H groups in total. The third-order valence-corrected chi connectivity index (χ3v) is 4.80. The molecule has 0 spiro atoms. The first kappa shape index (κ1) is 17.0. The molecule has 0 radical (unpaired) electrons. The zero-order valence-electron chi connectivity index (χ0n) is 14.0. The maximum atomic E-state index is 13.0. The summed E-state index contributed by atoms with van der Waals surface area (Å²) in [4.78, 5) is 38.5. The molecule has 132 valence electrons. The largest absolute Gasteiger partial charge is 0.398 e. The summed E-state index contributed by atoms with van der Waals surface area (Å²) < 4.78 is 0. The van der Waals surface area contributed by atoms with E-state index in [1.807, 2.05) is 0 Å². The highest BCUT2D eigenvalue weighted by molar-refractivity contribution is 6.35. The second kappa shape index (κ2) is 6.37. The van der Waals surface area contributed by atoms with Crippen LogP contribution in [0.5, 0.6) is 0 Å². The number of carbonyl (C=O) groups excluding carboxylic acids is 3. The lowest BCUT2D eigenvalue weighted by atomic mass is 9.82. The molecule has 1 aliphatic carbocycles. The van der Waals surface area contributed by atoms with Crippen LogP contribution >= 0.6 is 11.6 Å². The molecule has 0 atom stereocenters. The van der Waals surface area contributed by atoms with Crippen molar-refractivity contribution in [3.8, 4) is 0 Å². The van der Waals surface area contributed by atoms with Crippen molar-refractivity contribution in [1.82, 2.24) is 0 Å². The van der Waals surface area contributed by atoms with Gasteiger partial charge in [-0.1, -0.05) is 48.0 Å². The van der Waals surface area contributed by atoms with Crippen LogP contribution in [0.25, 0.3) is 0 Å². The van der Waals surface area contributed by atoms with Gasteiger partial charge in [-0.25, -0.2) is 0 Å². The Kier molecular flexibility index (Phi) is 4.01. The molecule has 1 aliphatic rings. The van der Waals surface area contributed by atoms with Crippen molar-refractivity contribution in [2.24, 2.45) is 0 Å². The number of nitrogen functional groups attached to an aromatic ring is 1. The van der Waals surface area contributed by atoms with Crippen molar-refractivity contribution in [1.29, 1.82) is 0 Å². The fourth-order valence-corrected chi connectivity index (χ4v) is 3.43. The van der Waals surface area contributed by atoms with Crippen molar-refractivity contribution >= 4 is 40.4 Å². The number of hydrogen-bond donors (Lipinski definition) is 2. The normalized spacial score (nSPS) is 12.3. The Morgan fingerprint density at radius 3 is 2.19 bits per heavy atom. The highest BCUT2D eigenvalue weighted by atomic mass is 35.5. The van der Waals surface area contributed by atoms with Gasteiger partial charge in [0.05, 0.1) is 27.4 Å². The van der Waals surface area contributed by atoms with E-state index in [0.717, 1.165) is 0 Å². The van der Waals surface area contributed by atoms with E-state index in [1.165, 1.54) is 0 Å². The van der Waals surface area contributed by atoms with Crippen LogP contribution in [0.4, 0.5) is 11.4 Å². The molecular formula is C21H13ClN2O3. The number of anilines is 2. The highest BCUT2D eigenvalue weighted by Crippen LogP contribution is 2.34. The molecule has 0 bridgehead atoms. The minimum absolute atomic E-state index is 0.154. The average Bonchev–Trinajstić information content (AvgIpc) is 2.66. The molecule has 4 rings (SSSR count). The summed E-state index contributed by atoms with van der Waals surface area (Å²) in [5.74, 6) is -1.17. The van der Waals surface area contributed by atoms with Crippen LogP contribution in [-0.2, 0) is 0 Å². The molecule has 27 heavy (non-hydrogen) atoms. The number of benzene rings is 3. The van der Waals surface area contributed by atoms with Gasteiger partial charge in [-0.2, -0.15) is 0 Å². The maximum Gasteiger partial charge on any atom is 0.257 e. The Balaban J connectivity index is 1.81. The Hall–Kier alpha value is -3.44. The number of hydrogen-bond acceptors (Lipinski definition) is 4. The van der Waals surface area contributed by atoms with Crippen molar-refractivity contribution in [2.45, 2.75) is 0 Å². The first-order valence-corrected chi connectivity index (χ1v) is 8.53. The second-order valence-corrected chi connectivity index (χ2v) is 6.50. The minimum Gasteiger partial charge on any atom is -0.398 e. The molecule has 1 amide bonds. The first-order valence-electron chi connectivity index (χ1n) is 8.16. The van der Waals surface area contributed by atoms with Gasteiger partial charge in [-0.3, -0.25) is 14.4 Å². The lowest BCUT2D eigenvalue weighted by molar-refractivity contribution is 0.0979. The van der Waals surface area contributed by atoms with Crippen molar-refractivity contribution in [2.75, 3.05) is 11.1 Å². The number of rotatable bonds is 2. The Morgan fingerprint density at radius 2 is 1.44 bits per heavy atom. The topological polar surface area (TPSA) is 89.3 Å². The molecule has 0 aliphatic heterocycles. The highest BCUT2D eigenvalue weighted by Gasteiger charge is 2.33. The van der Waals surface area contributed by atoms with Gasteiger partial charge >= 0.3 is 0 Å². The van der Waals surface area contributed by atoms with Crippen molar-refractivity contribution in [3.63, 3.8) is 0 Å². The summed E-state index contributed by atoms with van der Waals surface area (Å²) in [6, 6.07) is 16.1. The minimum atomic E-state index is -0.465. The summed E-state index contributed by atoms with van der Waals surface area (Å²) in [5, 5.41) is 2.99. The van der Waals surface area contributed by atoms with E-state index in [1.54, 1.807) is 60.7 Å². The van der Waals surface area contributed by atoms with Crippen LogP contribution in [0.3, 0.4) is 0 Å². The van der Waals surface area contributed by atoms with Crippen LogP contribution in [0.1, 0.15) is 42.2 Å². The maximum absolute atomic E-state index is 13.0. The number of ketones is 2. The van der Waals surface area contributed by atoms with E-state index in [4.69, 9.17) is 17.3 Å². The molecule has 0 fully saturated rings. The van der Waals surface area contributed by atoms with E-state index < -0.39 is 5.91 Å². The lowest BCUT2D eigenvalue weighted by Crippen LogP contribution is -2.25. The number of fused-ring (bicyclic) bond motifs is 2. The molecule has 0 saturated heterocycles. The summed E-state index contributed by atoms with van der Waals surface area (Å²) in [5.41, 5.74) is 7.48. The molecule has 0 unspecified atom stereocenters. The van der Waals surface area contributed by atoms with Crippen LogP contribution in [0.2, 0.25) is 5.02 Å². The Labute approximate surface area is 159 Å². The molecule has 5 nitrogen and oxygen atoms in total. The first-order chi connectivity index (χ1) is 13.0. The number of amides is 1. The van der Waals surface area contributed by atoms with Crippen molar-refractivity contribution in [3.05, 3.63) is 93.5 Å². The SMILES string of the molecule is Nc1cccc2c1C(=O)c1cccc(NC(=O)c3ccccc3Cl)c1C2=O. The summed E-state index contributed by atoms with van der Waals surface area (Å²) in [6.07, 6.45) is 0. The molecule has 0 heterocycles. The van der Waals surface area contributed by atoms with Crippen LogP contribution < -0.4 is 11.1 Å². The predicted octanol–water partition coefficient (Wildman–Crippen LogP) is 3.95. The van der Waals surface area contributed by atoms with Gasteiger partial charge in [0.2, 0.25) is 0 Å². The third kappa shape index (κ3) is 2.69. The Morgan fingerprint density at radius 1 is 0.815 bits per heavy atom. The van der Waals surface area contributed by atoms with Gasteiger partial charge in [0, 0.05) is 16.8 Å². The Bertz CT molecular complexity index is 1140. The monoisotopic (exact) mass is 376 g/mol. The fourth-order valence-electron chi connectivity index (χ4n) is 3.21. The molecular weight excluding hydrogens is 364 g/mol. The predicted molar refractivity (Wildman–Crippen MR) is 104 cm³/mol. The van der Waals surface area contributed by atoms with Crippen LogP contribution in [0.15, 0.2) is 60.7 Å². The van der Waals surface area contributed by atoms with Crippen molar-refractivity contribution < 1.29 is 14.4 Å². The molecule has 0 aromatic heterocycles. The van der Waals surface area contributed by atoms with E-state index in [-0.39, 0.29) is 50.8 Å². The van der Waals surface area contributed by atoms with Crippen LogP contribution in [0, 0.1) is 0 Å². The van der Waals surface area contributed by atoms with Gasteiger partial charge in [0.1, 0.15) is 0 Å². The van der Waals surface area contributed by atoms with E-state index >= 15 is 0 Å². The fraction of sp³-hybridized carbons (Fsp3) is 0. The molecule has 6 heteroatoms. The van der Waals surface area contributed by atoms with Gasteiger partial charge in [-0.05, 0) is 24.3 Å². The van der Waals surface area contributed by atoms with Gasteiger partial charge in [0.15, 0.2) is 11.6 Å². The second-order valence-electron chi connectivity index (χ2n) is 6.09. The quantitative estimate of drug-likeness (QED) is 0.518. The number of halogens is 1. The average molecular weight is 377 g/mol. The smallest absolute Gasteiger partial charge is 0.257 e. The summed E-state index contributed by atoms with van der Waals surface area (Å²) in [7, 11) is 0. The number of nitrogens with two attached hydrogens (primary N) is 1. The third-order valence-electron chi connectivity index (χ3n) is 4.47. The van der Waals surface area contributed by atoms with Crippen LogP contribution in [-0.4, -0.2) is 17.5 Å². The summed E-state index contributed by atoms with van der Waals surface area (Å²) >= 11 is 6.07. The van der Waals surface area contributed by atoms with Gasteiger partial charge in [-0.15, -0.1) is 0 Å². The standard InChI is InChI=1S/C21H13ClN2O3/c22-14-8-2-1-5-11(14)21(27)24-16-10-4-7-13-18(16)20(26)12-6-3-9-15(23)17(12)19(13)25/h1-10H,23H2,(H,24,27). The molecule has 0 saturated carbocycles. The zero-order chi connectivity index (χ0) is 19.1. The molecule has 3 aromatic rings. The van der Waals surface area contributed by atoms with Gasteiger partial charge in [0.25, 0.3) is 5.91 Å². The van der Waals surface area contributed by atoms with E-state index in [2.05, 4.69) is 5.32 Å². The number of nitrogens with one attached hydrogen (secondary N) is 1. The summed E-state index contributed by atoms with van der Waals surface area (Å²) in [6.45, 7) is 0. The van der Waals surface area contributed by atoms with Gasteiger partial charge < -0.3 is 11.1 Å².